The molecule has 2 rings (SSSR count). The largest absolute Gasteiger partial charge is 0.461 e. The fourth-order valence-electron chi connectivity index (χ4n) is 2.53. The number of rotatable bonds is 7. The van der Waals surface area contributed by atoms with Gasteiger partial charge in [0.15, 0.2) is 0 Å². The van der Waals surface area contributed by atoms with Crippen LogP contribution in [0.1, 0.15) is 22.8 Å². The Morgan fingerprint density at radius 3 is 2.42 bits per heavy atom. The van der Waals surface area contributed by atoms with Crippen molar-refractivity contribution in [1.29, 1.82) is 0 Å². The number of aryl methyl sites for hydroxylation is 1. The Balaban J connectivity index is 2.17. The van der Waals surface area contributed by atoms with Gasteiger partial charge in [-0.15, -0.1) is 0 Å². The first-order valence-electron chi connectivity index (χ1n) is 7.74. The van der Waals surface area contributed by atoms with Crippen LogP contribution in [-0.2, 0) is 6.42 Å². The second kappa shape index (κ2) is 8.01. The highest BCUT2D eigenvalue weighted by molar-refractivity contribution is 5.35. The average Bonchev–Trinajstić information content (AvgIpc) is 2.53. The number of alkyl halides is 4. The summed E-state index contributed by atoms with van der Waals surface area (Å²) in [5.41, 5.74) is 6.77. The van der Waals surface area contributed by atoms with E-state index in [2.05, 4.69) is 4.74 Å². The molecule has 3 N–H and O–H groups in total. The first kappa shape index (κ1) is 20.1. The van der Waals surface area contributed by atoms with Gasteiger partial charge in [-0.05, 0) is 42.7 Å². The average molecular weight is 375 g/mol. The Morgan fingerprint density at radius 2 is 1.81 bits per heavy atom. The van der Waals surface area contributed by atoms with Gasteiger partial charge < -0.3 is 15.6 Å². The molecule has 0 amide bonds. The Labute approximate surface area is 147 Å². The van der Waals surface area contributed by atoms with Crippen molar-refractivity contribution in [3.8, 4) is 5.75 Å². The Hall–Kier alpha value is -2.19. The van der Waals surface area contributed by atoms with E-state index in [1.165, 1.54) is 24.3 Å². The van der Waals surface area contributed by atoms with Gasteiger partial charge in [0.1, 0.15) is 11.6 Å². The van der Waals surface area contributed by atoms with E-state index in [4.69, 9.17) is 5.73 Å². The summed E-state index contributed by atoms with van der Waals surface area (Å²) in [5.74, 6) is -1.07. The van der Waals surface area contributed by atoms with Crippen LogP contribution in [0, 0.1) is 12.7 Å². The van der Waals surface area contributed by atoms with Gasteiger partial charge in [-0.3, -0.25) is 0 Å². The van der Waals surface area contributed by atoms with Crippen molar-refractivity contribution in [2.45, 2.75) is 38.0 Å². The number of ether oxygens (including phenoxy) is 1. The van der Waals surface area contributed by atoms with Crippen LogP contribution >= 0.6 is 0 Å². The number of halogens is 5. The molecule has 0 aliphatic rings. The van der Waals surface area contributed by atoms with Gasteiger partial charge in [-0.1, -0.05) is 24.3 Å². The second-order valence-electron chi connectivity index (χ2n) is 5.95. The minimum absolute atomic E-state index is 0.00616. The van der Waals surface area contributed by atoms with Crippen LogP contribution < -0.4 is 10.5 Å². The zero-order valence-electron chi connectivity index (χ0n) is 13.8. The Kier molecular flexibility index (Phi) is 6.20. The lowest BCUT2D eigenvalue weighted by atomic mass is 9.95. The van der Waals surface area contributed by atoms with Crippen molar-refractivity contribution >= 4 is 0 Å². The SMILES string of the molecule is Cc1cc(CC(N)C(O)c2ccccc2F)cc(OC(F)(F)C(F)F)c1. The molecular weight excluding hydrogens is 357 g/mol. The molecule has 0 bridgehead atoms. The van der Waals surface area contributed by atoms with Crippen molar-refractivity contribution in [3.63, 3.8) is 0 Å². The predicted molar refractivity (Wildman–Crippen MR) is 85.8 cm³/mol. The van der Waals surface area contributed by atoms with Gasteiger partial charge in [0.2, 0.25) is 0 Å². The van der Waals surface area contributed by atoms with Crippen molar-refractivity contribution in [3.05, 3.63) is 65.0 Å². The van der Waals surface area contributed by atoms with E-state index < -0.39 is 36.2 Å². The van der Waals surface area contributed by atoms with Crippen molar-refractivity contribution in [2.75, 3.05) is 0 Å². The van der Waals surface area contributed by atoms with Gasteiger partial charge in [0.05, 0.1) is 6.10 Å². The molecule has 0 fully saturated rings. The minimum atomic E-state index is -4.63. The molecule has 2 aromatic rings. The molecule has 0 aromatic heterocycles. The fourth-order valence-corrected chi connectivity index (χ4v) is 2.53. The molecule has 142 valence electrons. The number of aliphatic hydroxyl groups is 1. The van der Waals surface area contributed by atoms with Gasteiger partial charge in [0.25, 0.3) is 0 Å². The molecule has 0 saturated carbocycles. The zero-order chi connectivity index (χ0) is 19.5. The predicted octanol–water partition coefficient (Wildman–Crippen LogP) is 3.97. The summed E-state index contributed by atoms with van der Waals surface area (Å²) in [4.78, 5) is 0. The molecule has 0 spiro atoms. The van der Waals surface area contributed by atoms with Crippen LogP contribution in [-0.4, -0.2) is 23.7 Å². The highest BCUT2D eigenvalue weighted by Crippen LogP contribution is 2.29. The van der Waals surface area contributed by atoms with Gasteiger partial charge >= 0.3 is 12.5 Å². The van der Waals surface area contributed by atoms with Gasteiger partial charge in [-0.2, -0.15) is 17.6 Å². The summed E-state index contributed by atoms with van der Waals surface area (Å²) in [6.07, 6.45) is -9.94. The van der Waals surface area contributed by atoms with E-state index in [0.717, 1.165) is 6.07 Å². The molecular formula is C18H18F5NO2. The number of nitrogens with two attached hydrogens (primary N) is 1. The van der Waals surface area contributed by atoms with Crippen LogP contribution in [0.15, 0.2) is 42.5 Å². The lowest BCUT2D eigenvalue weighted by Crippen LogP contribution is -2.33. The van der Waals surface area contributed by atoms with E-state index in [0.29, 0.717) is 11.1 Å². The van der Waals surface area contributed by atoms with E-state index in [-0.39, 0.29) is 12.0 Å². The molecule has 26 heavy (non-hydrogen) atoms. The van der Waals surface area contributed by atoms with Crippen LogP contribution in [0.25, 0.3) is 0 Å². The maximum absolute atomic E-state index is 13.7. The van der Waals surface area contributed by atoms with E-state index >= 15 is 0 Å². The van der Waals surface area contributed by atoms with E-state index in [9.17, 15) is 27.1 Å². The molecule has 0 heterocycles. The minimum Gasteiger partial charge on any atom is -0.428 e. The monoisotopic (exact) mass is 375 g/mol. The Morgan fingerprint density at radius 1 is 1.15 bits per heavy atom. The maximum atomic E-state index is 13.7. The standard InChI is InChI=1S/C18H18F5NO2/c1-10-6-11(8-12(7-10)26-18(22,23)17(20)21)9-15(24)16(25)13-4-2-3-5-14(13)19/h2-8,15-17,25H,9,24H2,1H3. The third kappa shape index (κ3) is 4.92. The molecule has 0 saturated heterocycles. The summed E-state index contributed by atoms with van der Waals surface area (Å²) in [6.45, 7) is 1.57. The van der Waals surface area contributed by atoms with Crippen molar-refractivity contribution in [2.24, 2.45) is 5.73 Å². The molecule has 0 aliphatic heterocycles. The summed E-state index contributed by atoms with van der Waals surface area (Å²) >= 11 is 0. The first-order chi connectivity index (χ1) is 12.1. The second-order valence-corrected chi connectivity index (χ2v) is 5.95. The third-order valence-corrected chi connectivity index (χ3v) is 3.72. The summed E-state index contributed by atoms with van der Waals surface area (Å²) in [7, 11) is 0. The molecule has 0 radical (unpaired) electrons. The third-order valence-electron chi connectivity index (χ3n) is 3.72. The summed E-state index contributed by atoms with van der Waals surface area (Å²) < 4.78 is 68.5. The molecule has 2 atom stereocenters. The smallest absolute Gasteiger partial charge is 0.428 e. The molecule has 3 nitrogen and oxygen atoms in total. The van der Waals surface area contributed by atoms with E-state index in [1.54, 1.807) is 19.1 Å². The number of hydrogen-bond acceptors (Lipinski definition) is 3. The Bertz CT molecular complexity index is 754. The normalized spacial score (nSPS) is 14.3. The maximum Gasteiger partial charge on any atom is 0.461 e. The zero-order valence-corrected chi connectivity index (χ0v) is 13.8. The van der Waals surface area contributed by atoms with Gasteiger partial charge in [-0.25, -0.2) is 4.39 Å². The molecule has 2 aromatic carbocycles. The fraction of sp³-hybridized carbons (Fsp3) is 0.333. The number of hydrogen-bond donors (Lipinski definition) is 2. The highest BCUT2D eigenvalue weighted by Gasteiger charge is 2.44. The number of benzene rings is 2. The first-order valence-corrected chi connectivity index (χ1v) is 7.74. The molecule has 0 aliphatic carbocycles. The van der Waals surface area contributed by atoms with Crippen LogP contribution in [0.4, 0.5) is 22.0 Å². The van der Waals surface area contributed by atoms with Crippen LogP contribution in [0.5, 0.6) is 5.75 Å². The van der Waals surface area contributed by atoms with Crippen LogP contribution in [0.3, 0.4) is 0 Å². The lowest BCUT2D eigenvalue weighted by molar-refractivity contribution is -0.253. The van der Waals surface area contributed by atoms with Crippen LogP contribution in [0.2, 0.25) is 0 Å². The molecule has 8 heteroatoms. The van der Waals surface area contributed by atoms with Crippen molar-refractivity contribution in [1.82, 2.24) is 0 Å². The topological polar surface area (TPSA) is 55.5 Å². The highest BCUT2D eigenvalue weighted by atomic mass is 19.3. The van der Waals surface area contributed by atoms with Crippen molar-refractivity contribution < 1.29 is 31.8 Å². The summed E-state index contributed by atoms with van der Waals surface area (Å²) in [6, 6.07) is 8.52. The number of aliphatic hydroxyl groups excluding tert-OH is 1. The molecule has 2 unspecified atom stereocenters. The lowest BCUT2D eigenvalue weighted by Gasteiger charge is -2.21. The quantitative estimate of drug-likeness (QED) is 0.720. The summed E-state index contributed by atoms with van der Waals surface area (Å²) in [5, 5.41) is 10.2. The van der Waals surface area contributed by atoms with Gasteiger partial charge in [0, 0.05) is 11.6 Å². The van der Waals surface area contributed by atoms with E-state index in [1.807, 2.05) is 0 Å².